The van der Waals surface area contributed by atoms with Crippen molar-refractivity contribution in [3.8, 4) is 0 Å². The Bertz CT molecular complexity index is 455. The lowest BCUT2D eigenvalue weighted by Crippen LogP contribution is -2.62. The Hall–Kier alpha value is -0.690. The summed E-state index contributed by atoms with van der Waals surface area (Å²) in [5.41, 5.74) is 0. The van der Waals surface area contributed by atoms with Crippen molar-refractivity contribution < 1.29 is 28.5 Å². The summed E-state index contributed by atoms with van der Waals surface area (Å²) in [5, 5.41) is 0. The number of ether oxygens (including phenoxy) is 5. The van der Waals surface area contributed by atoms with Gasteiger partial charge in [-0.3, -0.25) is 0 Å². The van der Waals surface area contributed by atoms with Crippen molar-refractivity contribution >= 4 is 5.97 Å². The van der Waals surface area contributed by atoms with E-state index in [1.54, 1.807) is 0 Å². The smallest absolute Gasteiger partial charge is 0.338 e. The van der Waals surface area contributed by atoms with E-state index in [1.165, 1.54) is 0 Å². The first-order valence-corrected chi connectivity index (χ1v) is 12.7. The molecule has 1 rings (SSSR count). The largest absolute Gasteiger partial charge is 0.455 e. The van der Waals surface area contributed by atoms with Gasteiger partial charge in [-0.25, -0.2) is 4.79 Å². The summed E-state index contributed by atoms with van der Waals surface area (Å²) in [7, 11) is 0. The lowest BCUT2D eigenvalue weighted by Gasteiger charge is -2.44. The number of cyclic esters (lactones) is 1. The summed E-state index contributed by atoms with van der Waals surface area (Å²) in [4.78, 5) is 13.0. The van der Waals surface area contributed by atoms with E-state index in [1.807, 2.05) is 0 Å². The lowest BCUT2D eigenvalue weighted by atomic mass is 9.90. The minimum atomic E-state index is -0.755. The first-order chi connectivity index (χ1) is 15.0. The van der Waals surface area contributed by atoms with E-state index in [9.17, 15) is 4.79 Å². The molecular formula is C25H48O6. The van der Waals surface area contributed by atoms with E-state index in [0.29, 0.717) is 26.4 Å². The molecule has 0 spiro atoms. The maximum Gasteiger partial charge on any atom is 0.338 e. The van der Waals surface area contributed by atoms with Crippen LogP contribution in [0.1, 0.15) is 92.9 Å². The summed E-state index contributed by atoms with van der Waals surface area (Å²) in [5.74, 6) is -0.177. The zero-order valence-electron chi connectivity index (χ0n) is 20.9. The molecule has 6 nitrogen and oxygen atoms in total. The maximum atomic E-state index is 13.0. The van der Waals surface area contributed by atoms with Crippen LogP contribution in [0.4, 0.5) is 0 Å². The van der Waals surface area contributed by atoms with Crippen LogP contribution in [-0.2, 0) is 28.5 Å². The number of hydrogen-bond acceptors (Lipinski definition) is 6. The second-order valence-corrected chi connectivity index (χ2v) is 8.86. The first kappa shape index (κ1) is 28.3. The van der Waals surface area contributed by atoms with Crippen LogP contribution in [0, 0.1) is 5.92 Å². The number of hydrogen-bond donors (Lipinski definition) is 0. The van der Waals surface area contributed by atoms with E-state index < -0.39 is 24.4 Å². The highest BCUT2D eigenvalue weighted by Gasteiger charge is 2.51. The Morgan fingerprint density at radius 2 is 1.23 bits per heavy atom. The highest BCUT2D eigenvalue weighted by molar-refractivity contribution is 5.77. The minimum Gasteiger partial charge on any atom is -0.455 e. The van der Waals surface area contributed by atoms with Crippen LogP contribution >= 0.6 is 0 Å². The minimum absolute atomic E-state index is 0.181. The molecule has 0 N–H and O–H groups in total. The zero-order chi connectivity index (χ0) is 23.1. The van der Waals surface area contributed by atoms with Crippen LogP contribution in [0.15, 0.2) is 0 Å². The predicted molar refractivity (Wildman–Crippen MR) is 123 cm³/mol. The fourth-order valence-corrected chi connectivity index (χ4v) is 3.66. The van der Waals surface area contributed by atoms with E-state index >= 15 is 0 Å². The molecule has 0 aromatic carbocycles. The van der Waals surface area contributed by atoms with Gasteiger partial charge < -0.3 is 23.7 Å². The second kappa shape index (κ2) is 16.9. The Balaban J connectivity index is 3.13. The molecule has 1 heterocycles. The molecule has 0 unspecified atom stereocenters. The van der Waals surface area contributed by atoms with E-state index in [2.05, 4.69) is 41.5 Å². The Morgan fingerprint density at radius 3 is 1.74 bits per heavy atom. The van der Waals surface area contributed by atoms with Crippen LogP contribution in [0.3, 0.4) is 0 Å². The summed E-state index contributed by atoms with van der Waals surface area (Å²) >= 11 is 0. The fourth-order valence-electron chi connectivity index (χ4n) is 3.66. The molecule has 0 saturated carbocycles. The number of carbonyl (C=O) groups is 1. The van der Waals surface area contributed by atoms with Crippen molar-refractivity contribution in [2.24, 2.45) is 5.92 Å². The van der Waals surface area contributed by atoms with Crippen molar-refractivity contribution in [1.82, 2.24) is 0 Å². The topological polar surface area (TPSA) is 63.2 Å². The molecule has 0 bridgehead atoms. The van der Waals surface area contributed by atoms with Crippen LogP contribution in [0.25, 0.3) is 0 Å². The molecule has 0 aliphatic carbocycles. The predicted octanol–water partition coefficient (Wildman–Crippen LogP) is 5.31. The zero-order valence-corrected chi connectivity index (χ0v) is 20.9. The van der Waals surface area contributed by atoms with E-state index in [4.69, 9.17) is 23.7 Å². The number of rotatable bonds is 18. The summed E-state index contributed by atoms with van der Waals surface area (Å²) in [6, 6.07) is 0. The molecule has 1 aliphatic rings. The molecule has 0 radical (unpaired) electrons. The summed E-state index contributed by atoms with van der Waals surface area (Å²) in [6.45, 7) is 15.0. The van der Waals surface area contributed by atoms with Gasteiger partial charge in [0.15, 0.2) is 12.2 Å². The molecule has 1 saturated heterocycles. The summed E-state index contributed by atoms with van der Waals surface area (Å²) < 4.78 is 30.8. The molecule has 0 amide bonds. The van der Waals surface area contributed by atoms with Gasteiger partial charge in [-0.05, 0) is 31.6 Å². The molecule has 6 heteroatoms. The van der Waals surface area contributed by atoms with Crippen LogP contribution in [-0.4, -0.2) is 62.9 Å². The molecule has 5 atom stereocenters. The van der Waals surface area contributed by atoms with Crippen LogP contribution in [0.2, 0.25) is 0 Å². The van der Waals surface area contributed by atoms with Crippen molar-refractivity contribution in [2.75, 3.05) is 26.4 Å². The highest BCUT2D eigenvalue weighted by atomic mass is 16.6. The third-order valence-electron chi connectivity index (χ3n) is 5.63. The third kappa shape index (κ3) is 9.77. The van der Waals surface area contributed by atoms with Gasteiger partial charge in [-0.15, -0.1) is 0 Å². The van der Waals surface area contributed by atoms with Gasteiger partial charge in [-0.1, -0.05) is 67.2 Å². The first-order valence-electron chi connectivity index (χ1n) is 12.7. The van der Waals surface area contributed by atoms with E-state index in [-0.39, 0.29) is 18.0 Å². The van der Waals surface area contributed by atoms with Crippen molar-refractivity contribution in [3.63, 3.8) is 0 Å². The van der Waals surface area contributed by atoms with Gasteiger partial charge in [0.1, 0.15) is 12.2 Å². The molecule has 1 aliphatic heterocycles. The SMILES string of the molecule is CCCCO[C@@H]1[C@@H]([C@H](OCCCC)C(C)C)OC(=O)[C@H](OCCCC)[C@H]1OCCCC. The van der Waals surface area contributed by atoms with E-state index in [0.717, 1.165) is 51.4 Å². The molecular weight excluding hydrogens is 396 g/mol. The monoisotopic (exact) mass is 444 g/mol. The molecule has 0 aromatic heterocycles. The fraction of sp³-hybridized carbons (Fsp3) is 0.960. The van der Waals surface area contributed by atoms with Crippen molar-refractivity contribution in [1.29, 1.82) is 0 Å². The molecule has 31 heavy (non-hydrogen) atoms. The quantitative estimate of drug-likeness (QED) is 0.211. The van der Waals surface area contributed by atoms with Crippen molar-refractivity contribution in [3.05, 3.63) is 0 Å². The standard InChI is InChI=1S/C25H48O6/c1-7-11-15-27-20(19(5)6)23-21(28-16-12-8-2)22(29-17-13-9-3)24(25(26)31-23)30-18-14-10-4/h19-24H,7-18H2,1-6H3/t20-,21+,22+,23-,24-/m1/s1. The maximum absolute atomic E-state index is 13.0. The summed E-state index contributed by atoms with van der Waals surface area (Å²) in [6.07, 6.45) is 5.49. The van der Waals surface area contributed by atoms with Gasteiger partial charge in [0.05, 0.1) is 6.10 Å². The van der Waals surface area contributed by atoms with Gasteiger partial charge in [0, 0.05) is 26.4 Å². The average molecular weight is 445 g/mol. The van der Waals surface area contributed by atoms with Gasteiger partial charge in [0.25, 0.3) is 0 Å². The van der Waals surface area contributed by atoms with Gasteiger partial charge in [0.2, 0.25) is 0 Å². The number of carbonyl (C=O) groups excluding carboxylic acids is 1. The van der Waals surface area contributed by atoms with Crippen molar-refractivity contribution in [2.45, 2.75) is 123 Å². The molecule has 1 fully saturated rings. The van der Waals surface area contributed by atoms with Crippen LogP contribution in [0.5, 0.6) is 0 Å². The average Bonchev–Trinajstić information content (AvgIpc) is 2.74. The molecule has 0 aromatic rings. The Labute approximate surface area is 190 Å². The number of esters is 1. The lowest BCUT2D eigenvalue weighted by molar-refractivity contribution is -0.246. The number of unbranched alkanes of at least 4 members (excludes halogenated alkanes) is 4. The normalized spacial score (nSPS) is 25.1. The van der Waals surface area contributed by atoms with Gasteiger partial charge in [-0.2, -0.15) is 0 Å². The Kier molecular flexibility index (Phi) is 15.4. The third-order valence-corrected chi connectivity index (χ3v) is 5.63. The second-order valence-electron chi connectivity index (χ2n) is 8.86. The molecule has 184 valence electrons. The van der Waals surface area contributed by atoms with Gasteiger partial charge >= 0.3 is 5.97 Å². The highest BCUT2D eigenvalue weighted by Crippen LogP contribution is 2.31. The Morgan fingerprint density at radius 1 is 0.742 bits per heavy atom. The van der Waals surface area contributed by atoms with Crippen LogP contribution < -0.4 is 0 Å².